The minimum atomic E-state index is -2.39. The van der Waals surface area contributed by atoms with Crippen molar-refractivity contribution in [2.45, 2.75) is 260 Å². The molecule has 0 spiro atoms. The predicted molar refractivity (Wildman–Crippen MR) is 288 cm³/mol. The van der Waals surface area contributed by atoms with Crippen molar-refractivity contribution < 1.29 is 198 Å². The molecule has 0 bridgehead atoms. The summed E-state index contributed by atoms with van der Waals surface area (Å²) in [5.41, 5.74) is 0. The third-order valence-corrected chi connectivity index (χ3v) is 17.1. The zero-order chi connectivity index (χ0) is 69.6. The number of hydrogen-bond donors (Lipinski definition) is 26. The molecule has 7 fully saturated rings. The molecule has 0 radical (unpaired) electrons. The van der Waals surface area contributed by atoms with Gasteiger partial charge in [0.05, 0.1) is 65.0 Å². The fourth-order valence-corrected chi connectivity index (χ4v) is 11.7. The Balaban J connectivity index is 1.03. The van der Waals surface area contributed by atoms with E-state index in [-0.39, 0.29) is 0 Å². The van der Waals surface area contributed by atoms with Crippen molar-refractivity contribution in [3.8, 4) is 0 Å². The van der Waals surface area contributed by atoms with Gasteiger partial charge in [-0.25, -0.2) is 0 Å². The third-order valence-electron chi connectivity index (χ3n) is 17.1. The van der Waals surface area contributed by atoms with Crippen LogP contribution in [-0.4, -0.2) is 426 Å². The zero-order valence-corrected chi connectivity index (χ0v) is 50.4. The largest absolute Gasteiger partial charge is 0.394 e. The van der Waals surface area contributed by atoms with E-state index in [1.165, 1.54) is 6.92 Å². The lowest BCUT2D eigenvalue weighted by Gasteiger charge is -2.49. The van der Waals surface area contributed by atoms with E-state index in [0.717, 1.165) is 13.8 Å². The van der Waals surface area contributed by atoms with Crippen molar-refractivity contribution in [3.63, 3.8) is 0 Å². The van der Waals surface area contributed by atoms with Crippen LogP contribution in [0.3, 0.4) is 0 Å². The molecule has 0 aromatic rings. The Kier molecular flexibility index (Phi) is 29.0. The van der Waals surface area contributed by atoms with Gasteiger partial charge in [0.15, 0.2) is 44.0 Å². The van der Waals surface area contributed by atoms with Crippen LogP contribution in [0.5, 0.6) is 0 Å². The molecule has 42 nitrogen and oxygen atoms in total. The highest BCUT2D eigenvalue weighted by molar-refractivity contribution is 5.73. The van der Waals surface area contributed by atoms with Gasteiger partial charge < -0.3 is 200 Å². The Morgan fingerprint density at radius 3 is 1.24 bits per heavy atom. The summed E-state index contributed by atoms with van der Waals surface area (Å²) in [6.07, 6.45) is -72.7. The van der Waals surface area contributed by atoms with Crippen LogP contribution < -0.4 is 10.6 Å². The Bertz CT molecular complexity index is 2310. The monoisotopic (exact) mass is 1380 g/mol. The van der Waals surface area contributed by atoms with Crippen LogP contribution in [0, 0.1) is 0 Å². The van der Waals surface area contributed by atoms with E-state index >= 15 is 0 Å². The van der Waals surface area contributed by atoms with E-state index in [1.54, 1.807) is 0 Å². The molecule has 7 saturated heterocycles. The second-order valence-corrected chi connectivity index (χ2v) is 23.6. The lowest BCUT2D eigenvalue weighted by atomic mass is 9.95. The number of hydrogen-bond acceptors (Lipinski definition) is 40. The summed E-state index contributed by atoms with van der Waals surface area (Å²) in [6, 6.07) is -3.52. The lowest BCUT2D eigenvalue weighted by molar-refractivity contribution is -0.396. The smallest absolute Gasteiger partial charge is 0.217 e. The van der Waals surface area contributed by atoms with Crippen LogP contribution >= 0.6 is 0 Å². The van der Waals surface area contributed by atoms with Crippen molar-refractivity contribution in [3.05, 3.63) is 0 Å². The maximum atomic E-state index is 12.6. The Morgan fingerprint density at radius 1 is 0.383 bits per heavy atom. The molecule has 0 unspecified atom stereocenters. The molecule has 7 aliphatic heterocycles. The van der Waals surface area contributed by atoms with Crippen molar-refractivity contribution >= 4 is 11.8 Å². The number of rotatable bonds is 27. The number of aliphatic hydroxyl groups excluding tert-OH is 24. The summed E-state index contributed by atoms with van der Waals surface area (Å²) in [7, 11) is 0. The molecule has 7 heterocycles. The molecule has 7 aliphatic rings. The summed E-state index contributed by atoms with van der Waals surface area (Å²) in [4.78, 5) is 25.0. The Morgan fingerprint density at radius 2 is 0.755 bits per heavy atom. The predicted octanol–water partition coefficient (Wildman–Crippen LogP) is -17.5. The van der Waals surface area contributed by atoms with Crippen LogP contribution in [0.15, 0.2) is 0 Å². The molecule has 2 amide bonds. The van der Waals surface area contributed by atoms with Gasteiger partial charge in [0.2, 0.25) is 11.8 Å². The first-order chi connectivity index (χ1) is 44.4. The zero-order valence-electron chi connectivity index (χ0n) is 50.4. The average Bonchev–Trinajstić information content (AvgIpc) is 0.782. The van der Waals surface area contributed by atoms with Crippen LogP contribution in [-0.2, 0) is 75.9 Å². The van der Waals surface area contributed by atoms with E-state index < -0.39 is 304 Å². The lowest BCUT2D eigenvalue weighted by Crippen LogP contribution is -2.68. The van der Waals surface area contributed by atoms with Crippen molar-refractivity contribution in [2.24, 2.45) is 0 Å². The molecule has 0 aromatic carbocycles. The highest BCUT2D eigenvalue weighted by atomic mass is 16.8. The normalized spacial score (nSPS) is 47.7. The van der Waals surface area contributed by atoms with Gasteiger partial charge in [0, 0.05) is 13.8 Å². The second kappa shape index (κ2) is 34.7. The van der Waals surface area contributed by atoms with E-state index in [4.69, 9.17) is 66.3 Å². The fourth-order valence-electron chi connectivity index (χ4n) is 11.7. The number of nitrogens with one attached hydrogen (secondary N) is 2. The van der Waals surface area contributed by atoms with Crippen LogP contribution in [0.25, 0.3) is 0 Å². The maximum absolute atomic E-state index is 12.6. The van der Waals surface area contributed by atoms with Gasteiger partial charge >= 0.3 is 0 Å². The molecule has 0 saturated carbocycles. The average molecular weight is 1380 g/mol. The van der Waals surface area contributed by atoms with Gasteiger partial charge in [0.1, 0.15) is 183 Å². The van der Waals surface area contributed by atoms with E-state index in [1.807, 2.05) is 0 Å². The molecule has 7 rings (SSSR count). The molecule has 548 valence electrons. The first-order valence-electron chi connectivity index (χ1n) is 29.9. The summed E-state index contributed by atoms with van der Waals surface area (Å²) < 4.78 is 79.5. The molecular formula is C52H90N2O40. The van der Waals surface area contributed by atoms with Crippen molar-refractivity contribution in [2.75, 3.05) is 52.9 Å². The fraction of sp³-hybridized carbons (Fsp3) is 0.962. The standard InChI is InChI=1S/C52H90N2O40/c1-12-24(65)30(71)35(76)47(82-12)94-45-32(73)27(68)18(6-57)85-52(45)93-44-28(69)19(7-58)84-51(39(44)80)92-43-22(10-61)87-49(37(78)33(43)74)89-40(15(4-55)53-13(2)62)25(66)16(64)11-81-46-23(54-14(3)63)29(70)41(20(8-59)86-46)90-50-38(79)34(75)42(21(9-60)88-50)91-48-36(77)31(72)26(67)17(5-56)83-48/h12,15-52,55-61,64-80H,4-11H2,1-3H3,(H,53,62)(H,54,63)/t12-,15+,16-,17-,18-,19-,20-,21-,22-,23-,24+,25+,26+,27+,28+,29-,30+,31+,32+,33-,34-,35-,36-,37-,38-,39-,40-,41-,42+,43+,44+,45-,46-,47-,48-,49+,50+,51-,52-/m1/s1. The highest BCUT2D eigenvalue weighted by Gasteiger charge is 2.58. The van der Waals surface area contributed by atoms with Gasteiger partial charge in [-0.2, -0.15) is 0 Å². The van der Waals surface area contributed by atoms with Gasteiger partial charge in [-0.05, 0) is 6.92 Å². The van der Waals surface area contributed by atoms with E-state index in [2.05, 4.69) is 10.6 Å². The van der Waals surface area contributed by atoms with Crippen LogP contribution in [0.2, 0.25) is 0 Å². The number of carbonyl (C=O) groups excluding carboxylic acids is 2. The summed E-state index contributed by atoms with van der Waals surface area (Å²) >= 11 is 0. The minimum absolute atomic E-state index is 0.865. The summed E-state index contributed by atoms with van der Waals surface area (Å²) in [6.45, 7) is -5.13. The quantitative estimate of drug-likeness (QED) is 0.0363. The van der Waals surface area contributed by atoms with E-state index in [0.29, 0.717) is 0 Å². The molecule has 39 atom stereocenters. The van der Waals surface area contributed by atoms with Crippen LogP contribution in [0.4, 0.5) is 0 Å². The van der Waals surface area contributed by atoms with E-state index in [9.17, 15) is 132 Å². The minimum Gasteiger partial charge on any atom is -0.394 e. The first-order valence-corrected chi connectivity index (χ1v) is 29.9. The van der Waals surface area contributed by atoms with Crippen molar-refractivity contribution in [1.82, 2.24) is 10.6 Å². The Hall–Kier alpha value is -2.58. The maximum Gasteiger partial charge on any atom is 0.217 e. The topological polar surface area (TPSA) is 673 Å². The highest BCUT2D eigenvalue weighted by Crippen LogP contribution is 2.38. The van der Waals surface area contributed by atoms with Crippen molar-refractivity contribution in [1.29, 1.82) is 0 Å². The number of carbonyl (C=O) groups is 2. The SMILES string of the molecule is CC(=O)N[C@H]1[C@H](OC[C@@H](O)[C@H](O)[C@H](O[C@@H]2O[C@H](CO)[C@H](O[C@H]3O[C@H](CO)[C@H](O)[C@H](O[C@H]4O[C@H](CO)[C@H](O)[C@H](O)[C@H]4O[C@H]4O[C@H](C)[C@H](O)[C@H](O)[C@H]4O)[C@H]3O)[C@H](O)[C@H]2O)[C@H](CO)NC(C)=O)O[C@H](CO)[C@@H](O[C@@H]2O[C@H](CO)[C@H](O[C@H]3O[C@H](CO)[C@H](O)[C@H](O)[C@H]3O)[C@H](O)[C@H]2O)[C@@H]1O. The first kappa shape index (κ1) is 78.8. The Labute approximate surface area is 532 Å². The molecule has 0 aliphatic carbocycles. The van der Waals surface area contributed by atoms with Crippen LogP contribution in [0.1, 0.15) is 20.8 Å². The molecule has 94 heavy (non-hydrogen) atoms. The number of aliphatic hydroxyl groups is 24. The number of amides is 2. The van der Waals surface area contributed by atoms with Gasteiger partial charge in [0.25, 0.3) is 0 Å². The number of ether oxygens (including phenoxy) is 14. The molecular weight excluding hydrogens is 1290 g/mol. The molecule has 42 heteroatoms. The van der Waals surface area contributed by atoms with Gasteiger partial charge in [-0.1, -0.05) is 0 Å². The van der Waals surface area contributed by atoms with Gasteiger partial charge in [-0.3, -0.25) is 9.59 Å². The summed E-state index contributed by atoms with van der Waals surface area (Å²) in [5, 5.41) is 264. The summed E-state index contributed by atoms with van der Waals surface area (Å²) in [5.74, 6) is -1.75. The molecule has 26 N–H and O–H groups in total. The third kappa shape index (κ3) is 17.4. The van der Waals surface area contributed by atoms with Gasteiger partial charge in [-0.15, -0.1) is 0 Å². The molecule has 0 aromatic heterocycles. The second-order valence-electron chi connectivity index (χ2n) is 23.6.